The molecule has 232 valence electrons. The summed E-state index contributed by atoms with van der Waals surface area (Å²) in [5, 5.41) is 13.0. The van der Waals surface area contributed by atoms with Gasteiger partial charge in [-0.3, -0.25) is 4.90 Å². The van der Waals surface area contributed by atoms with E-state index in [1.165, 1.54) is 6.33 Å². The Morgan fingerprint density at radius 3 is 2.64 bits per heavy atom. The maximum absolute atomic E-state index is 14.6. The van der Waals surface area contributed by atoms with Gasteiger partial charge in [-0.25, -0.2) is 18.7 Å². The summed E-state index contributed by atoms with van der Waals surface area (Å²) < 4.78 is 45.8. The third kappa shape index (κ3) is 6.24. The van der Waals surface area contributed by atoms with Crippen LogP contribution >= 0.6 is 0 Å². The highest BCUT2D eigenvalue weighted by atomic mass is 19.3. The number of benzene rings is 1. The van der Waals surface area contributed by atoms with E-state index in [1.54, 1.807) is 43.3 Å². The lowest BCUT2D eigenvalue weighted by molar-refractivity contribution is -0.135. The first-order valence-electron chi connectivity index (χ1n) is 14.7. The molecule has 3 aliphatic rings. The van der Waals surface area contributed by atoms with Gasteiger partial charge in [0.25, 0.3) is 5.92 Å². The fourth-order valence-corrected chi connectivity index (χ4v) is 5.96. The molecule has 0 amide bonds. The van der Waals surface area contributed by atoms with Crippen molar-refractivity contribution in [3.05, 3.63) is 48.3 Å². The Morgan fingerprint density at radius 2 is 1.93 bits per heavy atom. The largest absolute Gasteiger partial charge is 0.483 e. The van der Waals surface area contributed by atoms with Crippen LogP contribution in [-0.2, 0) is 4.74 Å². The molecule has 2 aromatic heterocycles. The average Bonchev–Trinajstić information content (AvgIpc) is 2.98. The maximum atomic E-state index is 14.6. The zero-order valence-electron chi connectivity index (χ0n) is 25.0. The van der Waals surface area contributed by atoms with Crippen molar-refractivity contribution in [3.8, 4) is 29.0 Å². The van der Waals surface area contributed by atoms with Crippen molar-refractivity contribution in [1.82, 2.24) is 24.8 Å². The van der Waals surface area contributed by atoms with Crippen LogP contribution in [0.1, 0.15) is 18.9 Å². The number of piperazine rings is 1. The van der Waals surface area contributed by atoms with Crippen LogP contribution in [0.4, 0.5) is 26.1 Å². The Morgan fingerprint density at radius 1 is 1.09 bits per heavy atom. The van der Waals surface area contributed by atoms with Crippen LogP contribution in [0.5, 0.6) is 11.6 Å². The second kappa shape index (κ2) is 12.5. The van der Waals surface area contributed by atoms with Crippen LogP contribution in [0.25, 0.3) is 11.3 Å². The number of likely N-dealkylation sites (tertiary alicyclic amines) is 1. The Hall–Kier alpha value is -4.12. The third-order valence-corrected chi connectivity index (χ3v) is 8.45. The van der Waals surface area contributed by atoms with Crippen LogP contribution < -0.4 is 19.7 Å². The monoisotopic (exact) mass is 606 g/mol. The van der Waals surface area contributed by atoms with Gasteiger partial charge in [0.2, 0.25) is 5.88 Å². The van der Waals surface area contributed by atoms with Crippen molar-refractivity contribution in [2.75, 3.05) is 70.3 Å². The normalized spacial score (nSPS) is 22.6. The molecule has 11 nitrogen and oxygen atoms in total. The van der Waals surface area contributed by atoms with Crippen molar-refractivity contribution in [2.24, 2.45) is 0 Å². The highest BCUT2D eigenvalue weighted by molar-refractivity contribution is 5.68. The fourth-order valence-electron chi connectivity index (χ4n) is 5.96. The van der Waals surface area contributed by atoms with E-state index in [0.29, 0.717) is 47.4 Å². The predicted octanol–water partition coefficient (Wildman–Crippen LogP) is 3.79. The van der Waals surface area contributed by atoms with Gasteiger partial charge in [-0.15, -0.1) is 0 Å². The lowest BCUT2D eigenvalue weighted by Gasteiger charge is -2.46. The van der Waals surface area contributed by atoms with Crippen LogP contribution in [-0.4, -0.2) is 109 Å². The third-order valence-electron chi connectivity index (χ3n) is 8.45. The van der Waals surface area contributed by atoms with Crippen molar-refractivity contribution < 1.29 is 23.0 Å². The molecule has 0 spiro atoms. The molecular formula is C31H36F2N8O3. The molecule has 0 bridgehead atoms. The molecule has 3 saturated heterocycles. The summed E-state index contributed by atoms with van der Waals surface area (Å²) in [6.45, 7) is 6.71. The number of pyridine rings is 1. The quantitative estimate of drug-likeness (QED) is 0.404. The lowest BCUT2D eigenvalue weighted by Crippen LogP contribution is -2.59. The molecule has 6 rings (SSSR count). The average molecular weight is 607 g/mol. The number of nitrogens with zero attached hydrogens (tertiary/aromatic N) is 7. The maximum Gasteiger partial charge on any atom is 0.296 e. The second-order valence-corrected chi connectivity index (χ2v) is 11.6. The number of halogens is 2. The van der Waals surface area contributed by atoms with Crippen LogP contribution in [0.3, 0.4) is 0 Å². The van der Waals surface area contributed by atoms with Crippen molar-refractivity contribution in [3.63, 3.8) is 0 Å². The number of aromatic nitrogens is 3. The number of alkyl halides is 2. The van der Waals surface area contributed by atoms with Gasteiger partial charge < -0.3 is 29.3 Å². The van der Waals surface area contributed by atoms with Gasteiger partial charge >= 0.3 is 0 Å². The first kappa shape index (κ1) is 29.9. The standard InChI is InChI=1S/C31H36F2N8O3/c1-20-15-40(23-16-43-17-23)10-11-41(20)25-5-7-28(38-30(25)42-3)37-29-13-24(35-19-36-29)21-4-6-26(22(12-21)14-34)44-27-8-9-39(2)18-31(27,32)33/h4-7,12-13,19-20,23,27H,8-11,15-18H2,1-3H3,(H,35,36,37,38)/t20-,27?/m1/s1. The molecule has 3 fully saturated rings. The van der Waals surface area contributed by atoms with E-state index >= 15 is 0 Å². The Labute approximate surface area is 255 Å². The fraction of sp³-hybridized carbons (Fsp3) is 0.484. The number of anilines is 3. The van der Waals surface area contributed by atoms with Crippen LogP contribution in [0.15, 0.2) is 42.7 Å². The molecule has 0 radical (unpaired) electrons. The summed E-state index contributed by atoms with van der Waals surface area (Å²) in [4.78, 5) is 19.8. The van der Waals surface area contributed by atoms with E-state index in [4.69, 9.17) is 19.2 Å². The lowest BCUT2D eigenvalue weighted by atomic mass is 10.0. The van der Waals surface area contributed by atoms with E-state index < -0.39 is 12.0 Å². The van der Waals surface area contributed by atoms with Crippen molar-refractivity contribution in [2.45, 2.75) is 37.5 Å². The van der Waals surface area contributed by atoms with Crippen molar-refractivity contribution >= 4 is 17.3 Å². The number of hydrogen-bond donors (Lipinski definition) is 1. The van der Waals surface area contributed by atoms with Gasteiger partial charge in [0.15, 0.2) is 6.10 Å². The molecule has 1 N–H and O–H groups in total. The topological polar surface area (TPSA) is 112 Å². The van der Waals surface area contributed by atoms with E-state index in [9.17, 15) is 14.0 Å². The van der Waals surface area contributed by atoms with Crippen LogP contribution in [0.2, 0.25) is 0 Å². The molecule has 0 aliphatic carbocycles. The predicted molar refractivity (Wildman–Crippen MR) is 161 cm³/mol. The molecule has 44 heavy (non-hydrogen) atoms. The molecule has 13 heteroatoms. The van der Waals surface area contributed by atoms with E-state index in [2.05, 4.69) is 38.1 Å². The molecule has 5 heterocycles. The summed E-state index contributed by atoms with van der Waals surface area (Å²) in [7, 11) is 3.26. The molecule has 3 aliphatic heterocycles. The van der Waals surface area contributed by atoms with Gasteiger partial charge in [-0.05, 0) is 44.3 Å². The first-order valence-corrected chi connectivity index (χ1v) is 14.7. The van der Waals surface area contributed by atoms with Gasteiger partial charge in [-0.1, -0.05) is 0 Å². The van der Waals surface area contributed by atoms with E-state index in [1.807, 2.05) is 12.1 Å². The number of rotatable bonds is 8. The zero-order chi connectivity index (χ0) is 30.8. The molecule has 3 aromatic rings. The summed E-state index contributed by atoms with van der Waals surface area (Å²) in [5.74, 6) is -1.33. The second-order valence-electron chi connectivity index (χ2n) is 11.6. The smallest absolute Gasteiger partial charge is 0.296 e. The molecule has 1 unspecified atom stereocenters. The number of methoxy groups -OCH3 is 1. The van der Waals surface area contributed by atoms with Gasteiger partial charge in [-0.2, -0.15) is 10.2 Å². The molecule has 2 atom stereocenters. The SMILES string of the molecule is COc1nc(Nc2cc(-c3ccc(OC4CCN(C)CC4(F)F)c(C#N)c3)ncn2)ccc1N1CCN(C2COC2)C[C@H]1C. The minimum Gasteiger partial charge on any atom is -0.483 e. The highest BCUT2D eigenvalue weighted by Gasteiger charge is 2.45. The summed E-state index contributed by atoms with van der Waals surface area (Å²) in [6.07, 6.45) is 0.285. The molecule has 0 saturated carbocycles. The van der Waals surface area contributed by atoms with Gasteiger partial charge in [0.1, 0.15) is 35.5 Å². The molecular weight excluding hydrogens is 570 g/mol. The number of piperidine rings is 1. The minimum atomic E-state index is -3.01. The van der Waals surface area contributed by atoms with E-state index in [-0.39, 0.29) is 24.3 Å². The number of nitrogens with one attached hydrogen (secondary N) is 1. The minimum absolute atomic E-state index is 0.127. The molecule has 1 aromatic carbocycles. The number of hydrogen-bond acceptors (Lipinski definition) is 11. The Balaban J connectivity index is 1.16. The first-order chi connectivity index (χ1) is 21.2. The summed E-state index contributed by atoms with van der Waals surface area (Å²) in [5.41, 5.74) is 2.26. The summed E-state index contributed by atoms with van der Waals surface area (Å²) in [6, 6.07) is 13.3. The van der Waals surface area contributed by atoms with Crippen LogP contribution in [0, 0.1) is 11.3 Å². The Kier molecular flexibility index (Phi) is 8.48. The summed E-state index contributed by atoms with van der Waals surface area (Å²) >= 11 is 0. The Bertz CT molecular complexity index is 1530. The van der Waals surface area contributed by atoms with Gasteiger partial charge in [0.05, 0.1) is 44.2 Å². The van der Waals surface area contributed by atoms with E-state index in [0.717, 1.165) is 38.5 Å². The van der Waals surface area contributed by atoms with Crippen molar-refractivity contribution in [1.29, 1.82) is 5.26 Å². The number of nitriles is 1. The zero-order valence-corrected chi connectivity index (χ0v) is 25.0. The van der Waals surface area contributed by atoms with Gasteiger partial charge in [0, 0.05) is 50.3 Å². The number of ether oxygens (including phenoxy) is 3. The highest BCUT2D eigenvalue weighted by Crippen LogP contribution is 2.35.